The molecule has 19 heavy (non-hydrogen) atoms. The highest BCUT2D eigenvalue weighted by molar-refractivity contribution is 9.10. The molecule has 0 saturated carbocycles. The molecule has 3 rings (SSSR count). The second-order valence-electron chi connectivity index (χ2n) is 4.48. The highest BCUT2D eigenvalue weighted by Gasteiger charge is 2.05. The van der Waals surface area contributed by atoms with E-state index in [0.29, 0.717) is 0 Å². The first-order chi connectivity index (χ1) is 9.24. The van der Waals surface area contributed by atoms with Crippen LogP contribution in [-0.2, 0) is 0 Å². The number of rotatable bonds is 2. The molecule has 0 unspecified atom stereocenters. The minimum absolute atomic E-state index is 0.845. The number of hydrogen-bond acceptors (Lipinski definition) is 1. The Morgan fingerprint density at radius 3 is 2.21 bits per heavy atom. The normalized spacial score (nSPS) is 10.6. The third kappa shape index (κ3) is 2.52. The summed E-state index contributed by atoms with van der Waals surface area (Å²) < 4.78 is 7.03. The van der Waals surface area contributed by atoms with Crippen molar-refractivity contribution in [1.29, 1.82) is 0 Å². The van der Waals surface area contributed by atoms with Gasteiger partial charge in [0.2, 0.25) is 0 Å². The third-order valence-corrected chi connectivity index (χ3v) is 3.67. The van der Waals surface area contributed by atoms with E-state index in [1.54, 1.807) is 0 Å². The van der Waals surface area contributed by atoms with Gasteiger partial charge in [-0.1, -0.05) is 51.7 Å². The van der Waals surface area contributed by atoms with Crippen molar-refractivity contribution in [2.45, 2.75) is 0 Å². The molecule has 0 fully saturated rings. The summed E-state index contributed by atoms with van der Waals surface area (Å²) in [7, 11) is 2.12. The molecule has 0 aliphatic rings. The van der Waals surface area contributed by atoms with Gasteiger partial charge < -0.3 is 4.74 Å². The van der Waals surface area contributed by atoms with Crippen LogP contribution in [0.15, 0.2) is 65.1 Å². The molecule has 92 valence electrons. The summed E-state index contributed by atoms with van der Waals surface area (Å²) >= 11 is 3.42. The summed E-state index contributed by atoms with van der Waals surface area (Å²) in [4.78, 5) is 0. The molecule has 0 aliphatic heterocycles. The number of ether oxygens (including phenoxy) is 1. The van der Waals surface area contributed by atoms with Gasteiger partial charge in [-0.3, -0.25) is 0 Å². The summed E-state index contributed by atoms with van der Waals surface area (Å²) in [6.07, 6.45) is 0. The van der Waals surface area contributed by atoms with Crippen LogP contribution in [-0.4, -0.2) is 7.85 Å². The molecule has 3 aromatic rings. The first kappa shape index (κ1) is 12.3. The van der Waals surface area contributed by atoms with E-state index in [-0.39, 0.29) is 0 Å². The maximum atomic E-state index is 5.98. The van der Waals surface area contributed by atoms with Gasteiger partial charge in [-0.2, -0.15) is 0 Å². The number of halogens is 1. The minimum atomic E-state index is 0.845. The standard InChI is InChI=1S/C16H12BBrO/c17-15-9-10-16(14-4-2-1-3-13(14)15)19-12-7-5-11(18)6-8-12/h1-10H,17H2. The van der Waals surface area contributed by atoms with Crippen molar-refractivity contribution >= 4 is 40.0 Å². The molecular formula is C16H12BBrO. The maximum Gasteiger partial charge on any atom is 0.140 e. The van der Waals surface area contributed by atoms with Gasteiger partial charge in [-0.25, -0.2) is 0 Å². The Morgan fingerprint density at radius 2 is 1.47 bits per heavy atom. The largest absolute Gasteiger partial charge is 0.457 e. The van der Waals surface area contributed by atoms with Crippen molar-refractivity contribution in [3.63, 3.8) is 0 Å². The fraction of sp³-hybridized carbons (Fsp3) is 0. The Kier molecular flexibility index (Phi) is 3.30. The first-order valence-corrected chi connectivity index (χ1v) is 6.95. The monoisotopic (exact) mass is 310 g/mol. The van der Waals surface area contributed by atoms with Crippen LogP contribution in [0.4, 0.5) is 0 Å². The van der Waals surface area contributed by atoms with Gasteiger partial charge in [0, 0.05) is 9.86 Å². The van der Waals surface area contributed by atoms with E-state index in [1.807, 2.05) is 36.4 Å². The minimum Gasteiger partial charge on any atom is -0.457 e. The quantitative estimate of drug-likeness (QED) is 0.657. The highest BCUT2D eigenvalue weighted by Crippen LogP contribution is 2.29. The zero-order chi connectivity index (χ0) is 13.2. The van der Waals surface area contributed by atoms with Gasteiger partial charge in [-0.15, -0.1) is 0 Å². The summed E-state index contributed by atoms with van der Waals surface area (Å²) in [6, 6.07) is 20.3. The molecule has 0 aromatic heterocycles. The average Bonchev–Trinajstić information content (AvgIpc) is 2.45. The molecule has 0 aliphatic carbocycles. The molecule has 3 aromatic carbocycles. The van der Waals surface area contributed by atoms with E-state index in [1.165, 1.54) is 10.8 Å². The number of benzene rings is 3. The Morgan fingerprint density at radius 1 is 0.789 bits per heavy atom. The summed E-state index contributed by atoms with van der Waals surface area (Å²) in [5.74, 6) is 1.74. The van der Waals surface area contributed by atoms with Crippen LogP contribution >= 0.6 is 15.9 Å². The summed E-state index contributed by atoms with van der Waals surface area (Å²) in [5.41, 5.74) is 1.26. The summed E-state index contributed by atoms with van der Waals surface area (Å²) in [5, 5.41) is 2.38. The molecule has 0 saturated heterocycles. The van der Waals surface area contributed by atoms with E-state index in [2.05, 4.69) is 48.0 Å². The number of hydrogen-bond donors (Lipinski definition) is 0. The van der Waals surface area contributed by atoms with Gasteiger partial charge in [0.25, 0.3) is 0 Å². The van der Waals surface area contributed by atoms with Crippen molar-refractivity contribution in [2.75, 3.05) is 0 Å². The van der Waals surface area contributed by atoms with Crippen LogP contribution in [0, 0.1) is 0 Å². The molecule has 1 nitrogen and oxygen atoms in total. The Labute approximate surface area is 121 Å². The van der Waals surface area contributed by atoms with Crippen LogP contribution < -0.4 is 10.2 Å². The van der Waals surface area contributed by atoms with Gasteiger partial charge in [0.05, 0.1) is 0 Å². The van der Waals surface area contributed by atoms with E-state index in [9.17, 15) is 0 Å². The average molecular weight is 311 g/mol. The molecule has 0 radical (unpaired) electrons. The van der Waals surface area contributed by atoms with E-state index < -0.39 is 0 Å². The lowest BCUT2D eigenvalue weighted by molar-refractivity contribution is 0.488. The van der Waals surface area contributed by atoms with Gasteiger partial charge >= 0.3 is 0 Å². The van der Waals surface area contributed by atoms with Crippen LogP contribution in [0.1, 0.15) is 0 Å². The fourth-order valence-electron chi connectivity index (χ4n) is 2.14. The molecule has 0 bridgehead atoms. The first-order valence-electron chi connectivity index (χ1n) is 6.16. The van der Waals surface area contributed by atoms with Gasteiger partial charge in [0.1, 0.15) is 19.3 Å². The van der Waals surface area contributed by atoms with Crippen molar-refractivity contribution in [1.82, 2.24) is 0 Å². The molecule has 3 heteroatoms. The van der Waals surface area contributed by atoms with Crippen LogP contribution in [0.3, 0.4) is 0 Å². The molecular weight excluding hydrogens is 299 g/mol. The lowest BCUT2D eigenvalue weighted by Crippen LogP contribution is -2.03. The highest BCUT2D eigenvalue weighted by atomic mass is 79.9. The predicted molar refractivity (Wildman–Crippen MR) is 86.3 cm³/mol. The molecule has 0 atom stereocenters. The fourth-order valence-corrected chi connectivity index (χ4v) is 2.41. The smallest absolute Gasteiger partial charge is 0.140 e. The van der Waals surface area contributed by atoms with Crippen LogP contribution in [0.25, 0.3) is 10.8 Å². The maximum absolute atomic E-state index is 5.98. The number of fused-ring (bicyclic) bond motifs is 1. The Hall–Kier alpha value is -1.74. The van der Waals surface area contributed by atoms with Gasteiger partial charge in [-0.05, 0) is 35.7 Å². The SMILES string of the molecule is Bc1ccc(Oc2ccc(Br)cc2)c2ccccc12. The topological polar surface area (TPSA) is 9.23 Å². The molecule has 0 heterocycles. The zero-order valence-electron chi connectivity index (χ0n) is 10.6. The second kappa shape index (κ2) is 5.10. The Balaban J connectivity index is 2.06. The van der Waals surface area contributed by atoms with Gasteiger partial charge in [0.15, 0.2) is 0 Å². The second-order valence-corrected chi connectivity index (χ2v) is 5.40. The molecule has 0 amide bonds. The van der Waals surface area contributed by atoms with Crippen molar-refractivity contribution in [3.05, 3.63) is 65.1 Å². The molecule has 0 N–H and O–H groups in total. The zero-order valence-corrected chi connectivity index (χ0v) is 12.1. The Bertz CT molecular complexity index is 722. The van der Waals surface area contributed by atoms with Crippen molar-refractivity contribution in [2.24, 2.45) is 0 Å². The van der Waals surface area contributed by atoms with Crippen molar-refractivity contribution < 1.29 is 4.74 Å². The lowest BCUT2D eigenvalue weighted by atomic mass is 9.90. The van der Waals surface area contributed by atoms with Crippen LogP contribution in [0.2, 0.25) is 0 Å². The lowest BCUT2D eigenvalue weighted by Gasteiger charge is -2.10. The third-order valence-electron chi connectivity index (χ3n) is 3.14. The van der Waals surface area contributed by atoms with E-state index >= 15 is 0 Å². The summed E-state index contributed by atoms with van der Waals surface area (Å²) in [6.45, 7) is 0. The molecule has 0 spiro atoms. The van der Waals surface area contributed by atoms with Crippen LogP contribution in [0.5, 0.6) is 11.5 Å². The van der Waals surface area contributed by atoms with Crippen molar-refractivity contribution in [3.8, 4) is 11.5 Å². The van der Waals surface area contributed by atoms with E-state index in [4.69, 9.17) is 4.74 Å². The van der Waals surface area contributed by atoms with E-state index in [0.717, 1.165) is 21.4 Å². The predicted octanol–water partition coefficient (Wildman–Crippen LogP) is 3.65.